The molecule has 1 atom stereocenters. The highest BCUT2D eigenvalue weighted by Gasteiger charge is 2.40. The van der Waals surface area contributed by atoms with Crippen molar-refractivity contribution in [3.8, 4) is 11.5 Å². The Hall–Kier alpha value is -3.70. The third-order valence-corrected chi connectivity index (χ3v) is 4.03. The van der Waals surface area contributed by atoms with Gasteiger partial charge in [0.25, 0.3) is 0 Å². The number of carbonyl (C=O) groups is 1. The number of phenols is 1. The number of anilines is 1. The first-order valence-corrected chi connectivity index (χ1v) is 7.87. The molecule has 27 heavy (non-hydrogen) atoms. The lowest BCUT2D eigenvalue weighted by atomic mass is 9.94. The van der Waals surface area contributed by atoms with Crippen LogP contribution in [0.2, 0.25) is 0 Å². The Labute approximate surface area is 152 Å². The van der Waals surface area contributed by atoms with Gasteiger partial charge in [-0.25, -0.2) is 4.79 Å². The number of hydrogen-bond donors (Lipinski definition) is 2. The number of aromatic nitrogens is 4. The van der Waals surface area contributed by atoms with Gasteiger partial charge in [-0.15, -0.1) is 0 Å². The maximum Gasteiger partial charge on any atom is 0.338 e. The van der Waals surface area contributed by atoms with E-state index < -0.39 is 28.4 Å². The van der Waals surface area contributed by atoms with Crippen molar-refractivity contribution >= 4 is 17.6 Å². The smallest absolute Gasteiger partial charge is 0.338 e. The summed E-state index contributed by atoms with van der Waals surface area (Å²) in [7, 11) is 1.20. The van der Waals surface area contributed by atoms with E-state index in [4.69, 9.17) is 9.47 Å². The number of nitrogens with zero attached hydrogens (tertiary/aromatic N) is 5. The fraction of sp³-hybridized carbons (Fsp3) is 0.333. The highest BCUT2D eigenvalue weighted by atomic mass is 16.6. The number of hydrogen-bond acceptors (Lipinski definition) is 10. The molecule has 1 aliphatic rings. The number of nitro groups is 1. The Morgan fingerprint density at radius 3 is 2.85 bits per heavy atom. The Bertz CT molecular complexity index is 952. The Balaban J connectivity index is 2.32. The molecule has 2 aromatic rings. The predicted molar refractivity (Wildman–Crippen MR) is 90.2 cm³/mol. The van der Waals surface area contributed by atoms with Crippen LogP contribution in [0.15, 0.2) is 23.4 Å². The highest BCUT2D eigenvalue weighted by molar-refractivity contribution is 5.92. The van der Waals surface area contributed by atoms with Crippen LogP contribution in [0.1, 0.15) is 25.5 Å². The number of phenolic OH excluding ortho intramolecular Hbond substituents is 1. The molecule has 0 fully saturated rings. The number of nitrogens with one attached hydrogen (secondary N) is 1. The number of esters is 1. The molecule has 0 saturated heterocycles. The van der Waals surface area contributed by atoms with Crippen molar-refractivity contribution in [2.45, 2.75) is 19.9 Å². The normalized spacial score (nSPS) is 15.7. The number of aromatic hydroxyl groups is 1. The van der Waals surface area contributed by atoms with E-state index in [2.05, 4.69) is 20.8 Å². The molecule has 0 aliphatic carbocycles. The van der Waals surface area contributed by atoms with Crippen molar-refractivity contribution in [2.75, 3.05) is 19.0 Å². The molecule has 142 valence electrons. The van der Waals surface area contributed by atoms with E-state index in [9.17, 15) is 20.0 Å². The fourth-order valence-electron chi connectivity index (χ4n) is 2.95. The van der Waals surface area contributed by atoms with Crippen molar-refractivity contribution < 1.29 is 24.3 Å². The molecule has 12 nitrogen and oxygen atoms in total. The topological polar surface area (TPSA) is 155 Å². The van der Waals surface area contributed by atoms with Gasteiger partial charge in [0, 0.05) is 5.70 Å². The molecule has 2 heterocycles. The Kier molecular flexibility index (Phi) is 4.62. The molecule has 1 aromatic heterocycles. The van der Waals surface area contributed by atoms with Gasteiger partial charge in [0.05, 0.1) is 29.8 Å². The molecule has 1 aliphatic heterocycles. The van der Waals surface area contributed by atoms with E-state index in [1.807, 2.05) is 0 Å². The number of methoxy groups -OCH3 is 1. The van der Waals surface area contributed by atoms with Gasteiger partial charge in [-0.05, 0) is 36.4 Å². The van der Waals surface area contributed by atoms with Gasteiger partial charge in [-0.2, -0.15) is 4.68 Å². The van der Waals surface area contributed by atoms with Crippen molar-refractivity contribution in [3.63, 3.8) is 0 Å². The minimum absolute atomic E-state index is 0.0658. The largest absolute Gasteiger partial charge is 0.504 e. The zero-order chi connectivity index (χ0) is 19.7. The van der Waals surface area contributed by atoms with Crippen LogP contribution >= 0.6 is 0 Å². The Morgan fingerprint density at radius 2 is 2.22 bits per heavy atom. The monoisotopic (exact) mass is 376 g/mol. The minimum Gasteiger partial charge on any atom is -0.504 e. The molecule has 0 saturated carbocycles. The Morgan fingerprint density at radius 1 is 1.48 bits per heavy atom. The van der Waals surface area contributed by atoms with Crippen LogP contribution in [-0.4, -0.2) is 49.9 Å². The molecule has 0 radical (unpaired) electrons. The van der Waals surface area contributed by atoms with Crippen LogP contribution in [-0.2, 0) is 9.53 Å². The van der Waals surface area contributed by atoms with E-state index in [1.54, 1.807) is 13.8 Å². The zero-order valence-electron chi connectivity index (χ0n) is 14.7. The lowest BCUT2D eigenvalue weighted by molar-refractivity contribution is -0.386. The molecular weight excluding hydrogens is 360 g/mol. The summed E-state index contributed by atoms with van der Waals surface area (Å²) >= 11 is 0. The van der Waals surface area contributed by atoms with E-state index in [1.165, 1.54) is 23.9 Å². The van der Waals surface area contributed by atoms with Crippen molar-refractivity contribution in [1.29, 1.82) is 0 Å². The summed E-state index contributed by atoms with van der Waals surface area (Å²) in [6.07, 6.45) is 0. The molecule has 0 amide bonds. The second kappa shape index (κ2) is 6.90. The molecule has 0 spiro atoms. The van der Waals surface area contributed by atoms with Crippen LogP contribution in [0.25, 0.3) is 0 Å². The van der Waals surface area contributed by atoms with E-state index in [0.717, 1.165) is 0 Å². The van der Waals surface area contributed by atoms with Crippen LogP contribution in [0, 0.1) is 10.1 Å². The number of carbonyl (C=O) groups excluding carboxylic acids is 1. The molecule has 1 unspecified atom stereocenters. The number of ether oxygens (including phenoxy) is 2. The highest BCUT2D eigenvalue weighted by Crippen LogP contribution is 2.46. The van der Waals surface area contributed by atoms with Gasteiger partial charge in [-0.1, -0.05) is 5.10 Å². The summed E-state index contributed by atoms with van der Waals surface area (Å²) in [6, 6.07) is 1.53. The van der Waals surface area contributed by atoms with Gasteiger partial charge in [0.15, 0.2) is 5.75 Å². The number of fused-ring (bicyclic) bond motifs is 1. The molecular formula is C15H16N6O6. The number of benzene rings is 1. The maximum absolute atomic E-state index is 12.4. The number of nitro benzene ring substituents is 1. The van der Waals surface area contributed by atoms with Gasteiger partial charge in [0.1, 0.15) is 6.04 Å². The lowest BCUT2D eigenvalue weighted by Gasteiger charge is -2.27. The van der Waals surface area contributed by atoms with Gasteiger partial charge >= 0.3 is 11.7 Å². The lowest BCUT2D eigenvalue weighted by Crippen LogP contribution is -2.29. The van der Waals surface area contributed by atoms with Crippen LogP contribution < -0.4 is 10.1 Å². The summed E-state index contributed by atoms with van der Waals surface area (Å²) in [5, 5.41) is 35.9. The third kappa shape index (κ3) is 2.90. The predicted octanol–water partition coefficient (Wildman–Crippen LogP) is 1.15. The molecule has 0 bridgehead atoms. The number of rotatable bonds is 5. The van der Waals surface area contributed by atoms with Crippen molar-refractivity contribution in [2.24, 2.45) is 0 Å². The van der Waals surface area contributed by atoms with Gasteiger partial charge in [0.2, 0.25) is 11.7 Å². The van der Waals surface area contributed by atoms with Gasteiger partial charge < -0.3 is 19.9 Å². The fourth-order valence-corrected chi connectivity index (χ4v) is 2.95. The van der Waals surface area contributed by atoms with Crippen molar-refractivity contribution in [1.82, 2.24) is 20.2 Å². The van der Waals surface area contributed by atoms with Crippen molar-refractivity contribution in [3.05, 3.63) is 39.1 Å². The molecule has 3 rings (SSSR count). The second-order valence-electron chi connectivity index (χ2n) is 5.55. The average molecular weight is 376 g/mol. The quantitative estimate of drug-likeness (QED) is 0.441. The van der Waals surface area contributed by atoms with Crippen LogP contribution in [0.5, 0.6) is 11.5 Å². The molecule has 2 N–H and O–H groups in total. The molecule has 12 heteroatoms. The zero-order valence-corrected chi connectivity index (χ0v) is 14.7. The molecule has 1 aromatic carbocycles. The first-order valence-electron chi connectivity index (χ1n) is 7.87. The second-order valence-corrected chi connectivity index (χ2v) is 5.55. The van der Waals surface area contributed by atoms with E-state index in [0.29, 0.717) is 5.70 Å². The van der Waals surface area contributed by atoms with E-state index >= 15 is 0 Å². The summed E-state index contributed by atoms with van der Waals surface area (Å²) in [5.41, 5.74) is 0.0541. The first kappa shape index (κ1) is 18.1. The van der Waals surface area contributed by atoms with Gasteiger partial charge in [-0.3, -0.25) is 10.1 Å². The van der Waals surface area contributed by atoms with Crippen LogP contribution in [0.3, 0.4) is 0 Å². The minimum atomic E-state index is -1.05. The first-order chi connectivity index (χ1) is 12.9. The summed E-state index contributed by atoms with van der Waals surface area (Å²) < 4.78 is 11.3. The third-order valence-electron chi connectivity index (χ3n) is 4.03. The standard InChI is InChI=1S/C15H16N6O6/c1-4-27-13-9(22)6-5-8(12(13)21(24)25)11-10(14(23)26-3)7(2)16-15-17-18-19-20(11)15/h5-6,11,22H,4H2,1-3H3,(H,16,17,19). The average Bonchev–Trinajstić information content (AvgIpc) is 3.09. The summed E-state index contributed by atoms with van der Waals surface area (Å²) in [4.78, 5) is 23.5. The summed E-state index contributed by atoms with van der Waals surface area (Å²) in [5.74, 6) is -1.19. The number of allylic oxidation sites excluding steroid dienone is 1. The SMILES string of the molecule is CCOc1c(O)ccc(C2C(C(=O)OC)=C(C)Nc3nnnn32)c1[N+](=O)[O-]. The maximum atomic E-state index is 12.4. The van der Waals surface area contributed by atoms with Crippen LogP contribution in [0.4, 0.5) is 11.6 Å². The number of tetrazole rings is 1. The van der Waals surface area contributed by atoms with E-state index in [-0.39, 0.29) is 29.4 Å². The summed E-state index contributed by atoms with van der Waals surface area (Å²) in [6.45, 7) is 3.33.